The van der Waals surface area contributed by atoms with Crippen molar-refractivity contribution in [3.8, 4) is 5.69 Å². The number of nitrogens with zero attached hydrogens (tertiary/aromatic N) is 2. The number of carbonyl (C=O) groups excluding carboxylic acids is 2. The summed E-state index contributed by atoms with van der Waals surface area (Å²) in [5, 5.41) is 10.3. The lowest BCUT2D eigenvalue weighted by Crippen LogP contribution is -2.39. The molecule has 0 spiro atoms. The van der Waals surface area contributed by atoms with Gasteiger partial charge < -0.3 is 15.4 Å². The molecule has 0 aliphatic carbocycles. The maximum Gasteiger partial charge on any atom is 0.271 e. The highest BCUT2D eigenvalue weighted by Gasteiger charge is 2.37. The molecule has 0 atom stereocenters. The topological polar surface area (TPSA) is 96.3 Å². The van der Waals surface area contributed by atoms with Gasteiger partial charge in [0.05, 0.1) is 16.3 Å². The molecule has 0 unspecified atom stereocenters. The first-order valence-corrected chi connectivity index (χ1v) is 15.4. The van der Waals surface area contributed by atoms with Crippen molar-refractivity contribution in [2.24, 2.45) is 0 Å². The maximum atomic E-state index is 13.0. The molecule has 2 aromatic carbocycles. The van der Waals surface area contributed by atoms with Crippen molar-refractivity contribution in [1.82, 2.24) is 15.1 Å². The minimum atomic E-state index is -2.30. The quantitative estimate of drug-likeness (QED) is 0.214. The number of hydrogen-bond acceptors (Lipinski definition) is 4. The molecule has 3 N–H and O–H groups in total. The number of anilines is 1. The Morgan fingerprint density at radius 1 is 1.11 bits per heavy atom. The van der Waals surface area contributed by atoms with Gasteiger partial charge in [0.15, 0.2) is 14.0 Å². The van der Waals surface area contributed by atoms with Gasteiger partial charge in [0.1, 0.15) is 5.82 Å². The minimum Gasteiger partial charge on any atom is -0.432 e. The molecule has 0 saturated heterocycles. The second-order valence-electron chi connectivity index (χ2n) is 9.54. The predicted octanol–water partition coefficient (Wildman–Crippen LogP) is 6.03. The second-order valence-corrected chi connectivity index (χ2v) is 15.3. The largest absolute Gasteiger partial charge is 0.432 e. The highest BCUT2D eigenvalue weighted by Crippen LogP contribution is 2.39. The van der Waals surface area contributed by atoms with E-state index in [-0.39, 0.29) is 16.6 Å². The summed E-state index contributed by atoms with van der Waals surface area (Å²) in [6.07, 6.45) is 1.54. The van der Waals surface area contributed by atoms with Crippen LogP contribution in [0.15, 0.2) is 59.1 Å². The molecule has 2 amide bonds. The van der Waals surface area contributed by atoms with Crippen LogP contribution in [0.1, 0.15) is 47.5 Å². The van der Waals surface area contributed by atoms with Gasteiger partial charge in [-0.25, -0.2) is 4.68 Å². The molecule has 0 fully saturated rings. The zero-order valence-corrected chi connectivity index (χ0v) is 23.6. The number of nitrogens with one attached hydrogen (secondary N) is 2. The van der Waals surface area contributed by atoms with E-state index in [4.69, 9.17) is 11.6 Å². The molecule has 0 aliphatic heterocycles. The van der Waals surface area contributed by atoms with Crippen LogP contribution in [0, 0.1) is 0 Å². The fourth-order valence-corrected chi connectivity index (χ4v) is 4.68. The number of rotatable bonds is 9. The van der Waals surface area contributed by atoms with Crippen LogP contribution in [-0.2, 0) is 0 Å². The molecular weight excluding hydrogens is 548 g/mol. The first-order chi connectivity index (χ1) is 16.4. The van der Waals surface area contributed by atoms with Crippen LogP contribution < -0.4 is 10.6 Å². The van der Waals surface area contributed by atoms with E-state index in [9.17, 15) is 14.4 Å². The van der Waals surface area contributed by atoms with Gasteiger partial charge >= 0.3 is 0 Å². The zero-order chi connectivity index (χ0) is 25.8. The summed E-state index contributed by atoms with van der Waals surface area (Å²) in [7, 11) is -2.30. The maximum absolute atomic E-state index is 13.0. The number of para-hydroxylation sites is 1. The van der Waals surface area contributed by atoms with Gasteiger partial charge in [-0.15, -0.1) is 0 Å². The first-order valence-electron chi connectivity index (χ1n) is 11.3. The molecule has 0 aliphatic rings. The summed E-state index contributed by atoms with van der Waals surface area (Å²) in [6, 6.07) is 15.8. The molecule has 1 aromatic heterocycles. The van der Waals surface area contributed by atoms with Crippen LogP contribution in [-0.4, -0.2) is 41.3 Å². The molecule has 0 saturated carbocycles. The van der Waals surface area contributed by atoms with E-state index in [0.717, 1.165) is 17.3 Å². The third kappa shape index (κ3) is 6.82. The normalized spacial score (nSPS) is 11.9. The van der Waals surface area contributed by atoms with E-state index in [2.05, 4.69) is 45.5 Å². The highest BCUT2D eigenvalue weighted by atomic mass is 79.9. The fraction of sp³-hybridized carbons (Fsp3) is 0.320. The Balaban J connectivity index is 1.78. The summed E-state index contributed by atoms with van der Waals surface area (Å²) in [4.78, 5) is 36.3. The number of carbonyl (C=O) groups is 2. The van der Waals surface area contributed by atoms with Gasteiger partial charge in [-0.3, -0.25) is 9.59 Å². The lowest BCUT2D eigenvalue weighted by Gasteiger charge is -2.35. The van der Waals surface area contributed by atoms with Gasteiger partial charge in [0.25, 0.3) is 11.8 Å². The number of hydrogen-bond donors (Lipinski definition) is 3. The van der Waals surface area contributed by atoms with Gasteiger partial charge in [0, 0.05) is 17.1 Å². The van der Waals surface area contributed by atoms with Crippen LogP contribution in [0.5, 0.6) is 0 Å². The van der Waals surface area contributed by atoms with Crippen molar-refractivity contribution in [3.05, 3.63) is 75.4 Å². The van der Waals surface area contributed by atoms with Crippen molar-refractivity contribution < 1.29 is 14.4 Å². The van der Waals surface area contributed by atoms with E-state index < -0.39 is 14.2 Å². The Hall–Kier alpha value is -2.46. The van der Waals surface area contributed by atoms with Crippen LogP contribution >= 0.6 is 27.5 Å². The van der Waals surface area contributed by atoms with E-state index in [0.29, 0.717) is 28.6 Å². The molecule has 10 heteroatoms. The monoisotopic (exact) mass is 576 g/mol. The van der Waals surface area contributed by atoms with Gasteiger partial charge in [0.2, 0.25) is 0 Å². The third-order valence-corrected chi connectivity index (χ3v) is 10.7. The number of amides is 2. The number of aromatic nitrogens is 2. The number of halogens is 2. The summed E-state index contributed by atoms with van der Waals surface area (Å²) in [6.45, 7) is 8.45. The summed E-state index contributed by atoms with van der Waals surface area (Å²) in [5.41, 5.74) is 1.17. The molecular formula is C25H30BrClN4O3Si. The van der Waals surface area contributed by atoms with Gasteiger partial charge in [-0.2, -0.15) is 5.10 Å². The Kier molecular flexibility index (Phi) is 8.58. The Labute approximate surface area is 220 Å². The average Bonchev–Trinajstić information content (AvgIpc) is 3.21. The molecule has 1 heterocycles. The van der Waals surface area contributed by atoms with E-state index in [1.54, 1.807) is 24.3 Å². The van der Waals surface area contributed by atoms with Crippen molar-refractivity contribution >= 4 is 53.5 Å². The average molecular weight is 578 g/mol. The predicted molar refractivity (Wildman–Crippen MR) is 146 cm³/mol. The van der Waals surface area contributed by atoms with Crippen molar-refractivity contribution in [3.63, 3.8) is 0 Å². The number of benzene rings is 2. The van der Waals surface area contributed by atoms with Crippen molar-refractivity contribution in [1.29, 1.82) is 0 Å². The second kappa shape index (κ2) is 11.1. The molecule has 186 valence electrons. The smallest absolute Gasteiger partial charge is 0.271 e. The SMILES string of the molecule is CC(C)(CCCNC(=O)c1cc(NC(=O)c2cc(Br)ccc2Cl)n(-c2ccccc2)n1)[Si](C)(C)O. The van der Waals surface area contributed by atoms with E-state index in [1.165, 1.54) is 4.68 Å². The summed E-state index contributed by atoms with van der Waals surface area (Å²) < 4.78 is 2.24. The third-order valence-electron chi connectivity index (χ3n) is 6.28. The Bertz CT molecular complexity index is 1210. The summed E-state index contributed by atoms with van der Waals surface area (Å²) >= 11 is 9.58. The lowest BCUT2D eigenvalue weighted by atomic mass is 10.1. The molecule has 3 aromatic rings. The minimum absolute atomic E-state index is 0.155. The van der Waals surface area contributed by atoms with Crippen LogP contribution in [0.4, 0.5) is 5.82 Å². The Morgan fingerprint density at radius 3 is 2.46 bits per heavy atom. The molecule has 3 rings (SSSR count). The molecule has 0 bridgehead atoms. The standard InChI is InChI=1S/C25H30BrClN4O3Si/c1-25(2,35(3,4)34)13-8-14-28-24(33)21-16-22(31(30-21)18-9-6-5-7-10-18)29-23(32)19-15-17(26)11-12-20(19)27/h5-7,9-12,15-16,34H,8,13-14H2,1-4H3,(H,28,33)(H,29,32). The van der Waals surface area contributed by atoms with Gasteiger partial charge in [-0.1, -0.05) is 59.6 Å². The van der Waals surface area contributed by atoms with Crippen LogP contribution in [0.2, 0.25) is 23.2 Å². The molecule has 7 nitrogen and oxygen atoms in total. The molecule has 0 radical (unpaired) electrons. The van der Waals surface area contributed by atoms with E-state index in [1.807, 2.05) is 43.4 Å². The fourth-order valence-electron chi connectivity index (χ4n) is 3.33. The van der Waals surface area contributed by atoms with Crippen LogP contribution in [0.25, 0.3) is 5.69 Å². The van der Waals surface area contributed by atoms with Crippen molar-refractivity contribution in [2.75, 3.05) is 11.9 Å². The highest BCUT2D eigenvalue weighted by molar-refractivity contribution is 9.10. The first kappa shape index (κ1) is 27.1. The van der Waals surface area contributed by atoms with E-state index >= 15 is 0 Å². The van der Waals surface area contributed by atoms with Crippen LogP contribution in [0.3, 0.4) is 0 Å². The lowest BCUT2D eigenvalue weighted by molar-refractivity contribution is 0.0946. The molecule has 35 heavy (non-hydrogen) atoms. The van der Waals surface area contributed by atoms with Gasteiger partial charge in [-0.05, 0) is 61.3 Å². The van der Waals surface area contributed by atoms with Crippen molar-refractivity contribution in [2.45, 2.75) is 44.8 Å². The Morgan fingerprint density at radius 2 is 1.80 bits per heavy atom. The zero-order valence-electron chi connectivity index (χ0n) is 20.2. The summed E-state index contributed by atoms with van der Waals surface area (Å²) in [5.74, 6) is -0.413.